The van der Waals surface area contributed by atoms with Crippen molar-refractivity contribution in [3.8, 4) is 11.5 Å². The molecule has 2 heterocycles. The van der Waals surface area contributed by atoms with Crippen LogP contribution in [-0.4, -0.2) is 56.1 Å². The third-order valence-corrected chi connectivity index (χ3v) is 10.5. The van der Waals surface area contributed by atoms with Crippen LogP contribution >= 0.6 is 22.9 Å². The number of thiazole rings is 1. The second kappa shape index (κ2) is 9.68. The monoisotopic (exact) mass is 508 g/mol. The van der Waals surface area contributed by atoms with Crippen molar-refractivity contribution < 1.29 is 17.9 Å². The molecule has 2 aliphatic rings. The fraction of sp³-hybridized carbons (Fsp3) is 0.458. The van der Waals surface area contributed by atoms with Crippen molar-refractivity contribution in [1.82, 2.24) is 4.98 Å². The maximum Gasteiger partial charge on any atom is 0.185 e. The Bertz CT molecular complexity index is 1150. The highest BCUT2D eigenvalue weighted by Gasteiger charge is 2.44. The van der Waals surface area contributed by atoms with Gasteiger partial charge < -0.3 is 14.4 Å². The molecule has 2 atom stereocenters. The van der Waals surface area contributed by atoms with Crippen molar-refractivity contribution >= 4 is 37.9 Å². The number of piperidine rings is 1. The van der Waals surface area contributed by atoms with Crippen LogP contribution < -0.4 is 14.4 Å². The highest BCUT2D eigenvalue weighted by molar-refractivity contribution is 7.93. The van der Waals surface area contributed by atoms with E-state index in [1.807, 2.05) is 24.3 Å². The van der Waals surface area contributed by atoms with E-state index in [2.05, 4.69) is 10.3 Å². The summed E-state index contributed by atoms with van der Waals surface area (Å²) >= 11 is 8.12. The molecule has 1 aliphatic heterocycles. The van der Waals surface area contributed by atoms with Gasteiger partial charge in [0, 0.05) is 24.9 Å². The number of hydrogen-bond acceptors (Lipinski definition) is 7. The Morgan fingerprint density at radius 1 is 1.18 bits per heavy atom. The number of benzene rings is 1. The zero-order chi connectivity index (χ0) is 23.6. The summed E-state index contributed by atoms with van der Waals surface area (Å²) in [4.78, 5) is 6.09. The predicted octanol–water partition coefficient (Wildman–Crippen LogP) is 4.63. The van der Waals surface area contributed by atoms with Gasteiger partial charge in [-0.2, -0.15) is 0 Å². The molecule has 0 N–H and O–H groups in total. The highest BCUT2D eigenvalue weighted by atomic mass is 35.5. The third-order valence-electron chi connectivity index (χ3n) is 6.28. The summed E-state index contributed by atoms with van der Waals surface area (Å²) in [5.41, 5.74) is 2.07. The summed E-state index contributed by atoms with van der Waals surface area (Å²) in [7, 11) is -0.135. The first-order valence-corrected chi connectivity index (χ1v) is 13.8. The van der Waals surface area contributed by atoms with Crippen LogP contribution in [0.15, 0.2) is 47.9 Å². The number of halogens is 1. The third kappa shape index (κ3) is 5.08. The summed E-state index contributed by atoms with van der Waals surface area (Å²) < 4.78 is 37.3. The van der Waals surface area contributed by atoms with Gasteiger partial charge in [0.25, 0.3) is 0 Å². The summed E-state index contributed by atoms with van der Waals surface area (Å²) in [6.07, 6.45) is 8.91. The van der Waals surface area contributed by atoms with Gasteiger partial charge in [-0.1, -0.05) is 30.4 Å². The minimum Gasteiger partial charge on any atom is -0.493 e. The lowest BCUT2D eigenvalue weighted by Gasteiger charge is -2.36. The molecule has 1 aromatic carbocycles. The van der Waals surface area contributed by atoms with E-state index in [1.54, 1.807) is 50.7 Å². The van der Waals surface area contributed by atoms with E-state index in [4.69, 9.17) is 26.1 Å². The number of anilines is 1. The van der Waals surface area contributed by atoms with Crippen LogP contribution in [0.2, 0.25) is 0 Å². The van der Waals surface area contributed by atoms with Crippen molar-refractivity contribution in [2.24, 2.45) is 0 Å². The van der Waals surface area contributed by atoms with Gasteiger partial charge >= 0.3 is 0 Å². The van der Waals surface area contributed by atoms with E-state index in [0.29, 0.717) is 43.9 Å². The lowest BCUT2D eigenvalue weighted by atomic mass is 10.0. The number of allylic oxidation sites excluding steroid dienone is 3. The van der Waals surface area contributed by atoms with Gasteiger partial charge in [0.15, 0.2) is 26.5 Å². The van der Waals surface area contributed by atoms with Gasteiger partial charge in [-0.05, 0) is 37.5 Å². The van der Waals surface area contributed by atoms with Crippen molar-refractivity contribution in [2.45, 2.75) is 41.6 Å². The average Bonchev–Trinajstić information content (AvgIpc) is 3.27. The fourth-order valence-corrected chi connectivity index (χ4v) is 8.14. The molecular formula is C24H29ClN2O4S2. The Kier molecular flexibility index (Phi) is 7.07. The maximum atomic E-state index is 13.3. The fourth-order valence-electron chi connectivity index (χ4n) is 4.43. The lowest BCUT2D eigenvalue weighted by Crippen LogP contribution is -2.47. The molecule has 1 aliphatic carbocycles. The molecule has 0 saturated carbocycles. The van der Waals surface area contributed by atoms with Crippen molar-refractivity contribution in [2.75, 3.05) is 32.2 Å². The standard InChI is InChI=1S/C24H29ClN2O4S2/c1-24(25)11-5-4-6-22(24)33(28,29)19-9-12-27(13-10-19)23-26-18(16-32-23)14-17-7-8-20(30-2)21(15-17)31-3/h4-8,11,15-16,19,22H,9-10,12-14H2,1-3H3. The SMILES string of the molecule is COc1ccc(Cc2csc(N3CCC(S(=O)(=O)C4C=CC=CC4(C)Cl)CC3)n2)cc1OC. The normalized spacial score (nSPS) is 23.6. The molecule has 1 aromatic heterocycles. The van der Waals surface area contributed by atoms with Crippen LogP contribution in [0.3, 0.4) is 0 Å². The van der Waals surface area contributed by atoms with Crippen LogP contribution in [0.4, 0.5) is 5.13 Å². The van der Waals surface area contributed by atoms with E-state index in [9.17, 15) is 8.42 Å². The summed E-state index contributed by atoms with van der Waals surface area (Å²) in [6, 6.07) is 5.87. The van der Waals surface area contributed by atoms with Gasteiger partial charge in [-0.15, -0.1) is 22.9 Å². The Morgan fingerprint density at radius 2 is 1.91 bits per heavy atom. The van der Waals surface area contributed by atoms with Gasteiger partial charge in [-0.3, -0.25) is 0 Å². The van der Waals surface area contributed by atoms with Crippen molar-refractivity contribution in [3.05, 3.63) is 59.1 Å². The first-order chi connectivity index (χ1) is 15.7. The lowest BCUT2D eigenvalue weighted by molar-refractivity contribution is 0.354. The van der Waals surface area contributed by atoms with Crippen LogP contribution in [0, 0.1) is 0 Å². The van der Waals surface area contributed by atoms with E-state index >= 15 is 0 Å². The molecular weight excluding hydrogens is 480 g/mol. The smallest absolute Gasteiger partial charge is 0.185 e. The van der Waals surface area contributed by atoms with Gasteiger partial charge in [0.2, 0.25) is 0 Å². The molecule has 6 nitrogen and oxygen atoms in total. The molecule has 0 amide bonds. The number of hydrogen-bond donors (Lipinski definition) is 0. The second-order valence-electron chi connectivity index (χ2n) is 8.58. The number of alkyl halides is 1. The molecule has 1 fully saturated rings. The largest absolute Gasteiger partial charge is 0.493 e. The molecule has 2 unspecified atom stereocenters. The Labute approximate surface area is 204 Å². The Balaban J connectivity index is 1.39. The Morgan fingerprint density at radius 3 is 2.58 bits per heavy atom. The molecule has 33 heavy (non-hydrogen) atoms. The maximum absolute atomic E-state index is 13.3. The molecule has 9 heteroatoms. The molecule has 0 bridgehead atoms. The number of aromatic nitrogens is 1. The van der Waals surface area contributed by atoms with Crippen LogP contribution in [0.5, 0.6) is 11.5 Å². The summed E-state index contributed by atoms with van der Waals surface area (Å²) in [5, 5.41) is 1.91. The van der Waals surface area contributed by atoms with Crippen LogP contribution in [0.1, 0.15) is 31.0 Å². The quantitative estimate of drug-likeness (QED) is 0.508. The number of rotatable bonds is 7. The average molecular weight is 509 g/mol. The Hall–Kier alpha value is -2.03. The zero-order valence-electron chi connectivity index (χ0n) is 19.0. The van der Waals surface area contributed by atoms with Crippen molar-refractivity contribution in [1.29, 1.82) is 0 Å². The number of methoxy groups -OCH3 is 2. The van der Waals surface area contributed by atoms with E-state index in [-0.39, 0.29) is 5.25 Å². The minimum atomic E-state index is -3.38. The van der Waals surface area contributed by atoms with Gasteiger partial charge in [0.05, 0.1) is 30.0 Å². The second-order valence-corrected chi connectivity index (χ2v) is 12.6. The number of sulfone groups is 1. The van der Waals surface area contributed by atoms with E-state index in [1.165, 1.54) is 0 Å². The topological polar surface area (TPSA) is 68.7 Å². The van der Waals surface area contributed by atoms with Crippen molar-refractivity contribution in [3.63, 3.8) is 0 Å². The molecule has 0 radical (unpaired) electrons. The van der Waals surface area contributed by atoms with Gasteiger partial charge in [-0.25, -0.2) is 13.4 Å². The summed E-state index contributed by atoms with van der Waals surface area (Å²) in [6.45, 7) is 3.10. The van der Waals surface area contributed by atoms with E-state index in [0.717, 1.165) is 16.4 Å². The summed E-state index contributed by atoms with van der Waals surface area (Å²) in [5.74, 6) is 1.40. The molecule has 178 valence electrons. The predicted molar refractivity (Wildman–Crippen MR) is 135 cm³/mol. The molecule has 2 aromatic rings. The first-order valence-electron chi connectivity index (χ1n) is 10.9. The molecule has 1 saturated heterocycles. The molecule has 0 spiro atoms. The van der Waals surface area contributed by atoms with Crippen LogP contribution in [-0.2, 0) is 16.3 Å². The molecule has 4 rings (SSSR count). The first kappa shape index (κ1) is 24.1. The minimum absolute atomic E-state index is 0.390. The highest BCUT2D eigenvalue weighted by Crippen LogP contribution is 2.36. The zero-order valence-corrected chi connectivity index (χ0v) is 21.4. The van der Waals surface area contributed by atoms with Crippen LogP contribution in [0.25, 0.3) is 0 Å². The van der Waals surface area contributed by atoms with Gasteiger partial charge in [0.1, 0.15) is 5.25 Å². The van der Waals surface area contributed by atoms with E-state index < -0.39 is 20.0 Å². The number of ether oxygens (including phenoxy) is 2. The number of nitrogens with zero attached hydrogens (tertiary/aromatic N) is 2.